The van der Waals surface area contributed by atoms with Crippen molar-refractivity contribution >= 4 is 40.3 Å². The molecule has 2 aliphatic rings. The molecule has 240 valence electrons. The van der Waals surface area contributed by atoms with E-state index < -0.39 is 15.3 Å². The molecule has 0 bridgehead atoms. The molecule has 0 aliphatic carbocycles. The van der Waals surface area contributed by atoms with Gasteiger partial charge in [0.25, 0.3) is 0 Å². The number of amides is 1. The Morgan fingerprint density at radius 2 is 1.33 bits per heavy atom. The number of nitrogens with zero attached hydrogens (tertiary/aromatic N) is 2. The van der Waals surface area contributed by atoms with E-state index >= 15 is 0 Å². The molecule has 0 fully saturated rings. The van der Waals surface area contributed by atoms with E-state index in [-0.39, 0.29) is 18.5 Å². The predicted octanol–water partition coefficient (Wildman–Crippen LogP) is 9.13. The fraction of sp³-hybridized carbons (Fsp3) is 0.125. The van der Waals surface area contributed by atoms with Crippen LogP contribution in [0.1, 0.15) is 23.2 Å². The van der Waals surface area contributed by atoms with Gasteiger partial charge in [0.15, 0.2) is 0 Å². The summed E-state index contributed by atoms with van der Waals surface area (Å²) in [6, 6.07) is 35.9. The molecule has 0 spiro atoms. The summed E-state index contributed by atoms with van der Waals surface area (Å²) < 4.78 is -1.27. The normalized spacial score (nSPS) is 22.5. The van der Waals surface area contributed by atoms with E-state index in [4.69, 9.17) is 11.6 Å². The van der Waals surface area contributed by atoms with Crippen LogP contribution in [0.25, 0.3) is 22.3 Å². The van der Waals surface area contributed by atoms with Crippen molar-refractivity contribution < 1.29 is 4.79 Å². The zero-order valence-corrected chi connectivity index (χ0v) is 27.1. The highest BCUT2D eigenvalue weighted by Gasteiger charge is 2.41. The number of hydroxylamine groups is 2. The molecule has 4 atom stereocenters. The van der Waals surface area contributed by atoms with Gasteiger partial charge in [-0.2, -0.15) is 0 Å². The molecule has 4 unspecified atom stereocenters. The lowest BCUT2D eigenvalue weighted by molar-refractivity contribution is -0.117. The average molecular weight is 655 g/mol. The van der Waals surface area contributed by atoms with Crippen LogP contribution in [0.4, 0.5) is 22.7 Å². The Kier molecular flexibility index (Phi) is 8.35. The number of fused-ring (bicyclic) bond motifs is 2. The van der Waals surface area contributed by atoms with Gasteiger partial charge in [0, 0.05) is 59.6 Å². The van der Waals surface area contributed by atoms with Crippen molar-refractivity contribution in [3.05, 3.63) is 167 Å². The van der Waals surface area contributed by atoms with Crippen molar-refractivity contribution in [2.75, 3.05) is 19.6 Å². The van der Waals surface area contributed by atoms with Gasteiger partial charge in [0.1, 0.15) is 41.9 Å². The minimum atomic E-state index is -0.671. The number of quaternary nitrogens is 2. The second-order valence-corrected chi connectivity index (χ2v) is 12.7. The molecule has 7 nitrogen and oxygen atoms in total. The van der Waals surface area contributed by atoms with Crippen LogP contribution in [-0.4, -0.2) is 25.5 Å². The van der Waals surface area contributed by atoms with Crippen molar-refractivity contribution in [3.8, 4) is 22.3 Å². The van der Waals surface area contributed by atoms with E-state index in [2.05, 4.69) is 29.9 Å². The smallest absolute Gasteiger partial charge is 0.244 e. The van der Waals surface area contributed by atoms with E-state index in [1.165, 1.54) is 6.08 Å². The van der Waals surface area contributed by atoms with Crippen LogP contribution >= 0.6 is 11.6 Å². The highest BCUT2D eigenvalue weighted by atomic mass is 35.5. The highest BCUT2D eigenvalue weighted by Crippen LogP contribution is 2.48. The number of carbonyl (C=O) groups excluding carboxylic acids is 1. The topological polar surface area (TPSA) is 87.2 Å². The summed E-state index contributed by atoms with van der Waals surface area (Å²) in [6.07, 6.45) is 3.02. The van der Waals surface area contributed by atoms with E-state index in [0.717, 1.165) is 33.4 Å². The third-order valence-electron chi connectivity index (χ3n) is 9.45. The lowest BCUT2D eigenvalue weighted by Crippen LogP contribution is -2.39. The highest BCUT2D eigenvalue weighted by molar-refractivity contribution is 6.33. The predicted molar refractivity (Wildman–Crippen MR) is 197 cm³/mol. The lowest BCUT2D eigenvalue weighted by Gasteiger charge is -2.38. The number of halogens is 1. The Hall–Kier alpha value is -4.86. The third-order valence-corrected chi connectivity index (χ3v) is 9.77. The second kappa shape index (κ2) is 12.6. The van der Waals surface area contributed by atoms with Crippen LogP contribution in [0.15, 0.2) is 141 Å². The maximum Gasteiger partial charge on any atom is 0.244 e. The molecular weight excluding hydrogens is 620 g/mol. The molecule has 1 amide bonds. The van der Waals surface area contributed by atoms with Crippen LogP contribution in [0.3, 0.4) is 0 Å². The first-order valence-electron chi connectivity index (χ1n) is 15.9. The number of hydrogen-bond acceptors (Lipinski definition) is 4. The molecule has 5 aromatic carbocycles. The Labute approximate surface area is 285 Å². The molecule has 0 saturated heterocycles. The van der Waals surface area contributed by atoms with Gasteiger partial charge in [-0.3, -0.25) is 14.1 Å². The molecule has 0 saturated carbocycles. The number of hydrogen-bond donors (Lipinski definition) is 2. The standard InChI is InChI=1S/C40H35ClN4O3/c1-3-22-42-36-25-45(48,38-14-7-5-12-33(36)38)31-20-21-32(35(41)24-31)29-11-9-10-28(23-29)27-16-18-30(19-17-27)44(47)26-37(43-40(46)4-2)34-13-6-8-15-39(34)44/h3-21,23-24,36-37,42H,1-2,22,25-26H2,(H,43,46). The van der Waals surface area contributed by atoms with Crippen LogP contribution in [0, 0.1) is 10.4 Å². The fourth-order valence-electron chi connectivity index (χ4n) is 7.10. The fourth-order valence-corrected chi connectivity index (χ4v) is 7.38. The Morgan fingerprint density at radius 1 is 0.729 bits per heavy atom. The van der Waals surface area contributed by atoms with Crippen LogP contribution < -0.4 is 19.9 Å². The third kappa shape index (κ3) is 5.46. The average Bonchev–Trinajstić information content (AvgIpc) is 3.58. The SMILES string of the molecule is C=CCNC1C[N+]([O-])(c2ccc(-c3cccc(-c4ccc([N+]5([O-])CC(NC(=O)C=C)c6ccccc65)cc4)c3)c(Cl)c2)c2ccccc21. The van der Waals surface area contributed by atoms with E-state index in [1.54, 1.807) is 12.1 Å². The summed E-state index contributed by atoms with van der Waals surface area (Å²) in [5.41, 5.74) is 7.94. The van der Waals surface area contributed by atoms with Crippen molar-refractivity contribution in [3.63, 3.8) is 0 Å². The van der Waals surface area contributed by atoms with Gasteiger partial charge in [0.2, 0.25) is 5.91 Å². The van der Waals surface area contributed by atoms with Gasteiger partial charge in [-0.05, 0) is 47.0 Å². The van der Waals surface area contributed by atoms with Gasteiger partial charge >= 0.3 is 0 Å². The number of benzene rings is 5. The summed E-state index contributed by atoms with van der Waals surface area (Å²) in [4.78, 5) is 12.1. The van der Waals surface area contributed by atoms with Crippen molar-refractivity contribution in [1.82, 2.24) is 19.9 Å². The maximum absolute atomic E-state index is 14.4. The molecule has 5 aromatic rings. The summed E-state index contributed by atoms with van der Waals surface area (Å²) >= 11 is 6.91. The summed E-state index contributed by atoms with van der Waals surface area (Å²) in [7, 11) is 0. The molecule has 48 heavy (non-hydrogen) atoms. The number of carbonyl (C=O) groups is 1. The van der Waals surface area contributed by atoms with Gasteiger partial charge in [-0.1, -0.05) is 78.9 Å². The summed E-state index contributed by atoms with van der Waals surface area (Å²) in [5, 5.41) is 35.5. The minimum absolute atomic E-state index is 0.0866. The molecule has 0 radical (unpaired) electrons. The van der Waals surface area contributed by atoms with Crippen molar-refractivity contribution in [2.45, 2.75) is 12.1 Å². The van der Waals surface area contributed by atoms with Gasteiger partial charge in [-0.25, -0.2) is 0 Å². The molecule has 2 heterocycles. The first kappa shape index (κ1) is 31.7. The molecule has 8 heteroatoms. The van der Waals surface area contributed by atoms with Gasteiger partial charge < -0.3 is 21.0 Å². The molecule has 2 aliphatic heterocycles. The molecule has 7 rings (SSSR count). The van der Waals surface area contributed by atoms with E-state index in [1.807, 2.05) is 103 Å². The quantitative estimate of drug-likeness (QED) is 0.0718. The monoisotopic (exact) mass is 654 g/mol. The maximum atomic E-state index is 14.4. The van der Waals surface area contributed by atoms with Crippen LogP contribution in [-0.2, 0) is 4.79 Å². The molecule has 0 aromatic heterocycles. The molecule has 2 N–H and O–H groups in total. The summed E-state index contributed by atoms with van der Waals surface area (Å²) in [6.45, 7) is 8.44. The first-order chi connectivity index (χ1) is 23.2. The number of nitrogens with one attached hydrogen (secondary N) is 2. The Balaban J connectivity index is 1.15. The zero-order chi connectivity index (χ0) is 33.5. The number of para-hydroxylation sites is 2. The molecular formula is C40H35ClN4O3. The number of rotatable bonds is 9. The lowest BCUT2D eigenvalue weighted by atomic mass is 9.98. The van der Waals surface area contributed by atoms with Crippen molar-refractivity contribution in [1.29, 1.82) is 0 Å². The van der Waals surface area contributed by atoms with Crippen LogP contribution in [0.5, 0.6) is 0 Å². The van der Waals surface area contributed by atoms with E-state index in [0.29, 0.717) is 40.9 Å². The van der Waals surface area contributed by atoms with E-state index in [9.17, 15) is 15.2 Å². The Morgan fingerprint density at radius 3 is 2.00 bits per heavy atom. The van der Waals surface area contributed by atoms with Gasteiger partial charge in [0.05, 0.1) is 11.1 Å². The Bertz CT molecular complexity index is 2050. The second-order valence-electron chi connectivity index (χ2n) is 12.3. The largest absolute Gasteiger partial charge is 0.622 e. The zero-order valence-electron chi connectivity index (χ0n) is 26.3. The first-order valence-corrected chi connectivity index (χ1v) is 16.3. The van der Waals surface area contributed by atoms with Gasteiger partial charge in [-0.15, -0.1) is 6.58 Å². The minimum Gasteiger partial charge on any atom is -0.622 e. The van der Waals surface area contributed by atoms with Crippen molar-refractivity contribution in [2.24, 2.45) is 0 Å². The summed E-state index contributed by atoms with van der Waals surface area (Å²) in [5.74, 6) is -0.311. The van der Waals surface area contributed by atoms with Crippen LogP contribution in [0.2, 0.25) is 5.02 Å².